The van der Waals surface area contributed by atoms with Gasteiger partial charge in [0.2, 0.25) is 0 Å². The van der Waals surface area contributed by atoms with E-state index >= 15 is 0 Å². The summed E-state index contributed by atoms with van der Waals surface area (Å²) in [7, 11) is 0. The van der Waals surface area contributed by atoms with E-state index in [9.17, 15) is 0 Å². The van der Waals surface area contributed by atoms with Crippen molar-refractivity contribution in [2.24, 2.45) is 0 Å². The molecule has 0 saturated heterocycles. The van der Waals surface area contributed by atoms with E-state index in [0.717, 1.165) is 19.4 Å². The summed E-state index contributed by atoms with van der Waals surface area (Å²) in [6.45, 7) is 2.89. The van der Waals surface area contributed by atoms with E-state index < -0.39 is 0 Å². The molecular weight excluding hydrogens is 301 g/mol. The molecule has 0 atom stereocenters. The van der Waals surface area contributed by atoms with Crippen molar-refractivity contribution in [2.45, 2.75) is 31.9 Å². The number of benzene rings is 1. The van der Waals surface area contributed by atoms with Crippen LogP contribution >= 0.6 is 22.6 Å². The number of anilines is 1. The van der Waals surface area contributed by atoms with Gasteiger partial charge in [-0.05, 0) is 54.5 Å². The number of ether oxygens (including phenoxy) is 1. The fourth-order valence-electron chi connectivity index (χ4n) is 1.85. The van der Waals surface area contributed by atoms with Gasteiger partial charge in [-0.1, -0.05) is 12.1 Å². The summed E-state index contributed by atoms with van der Waals surface area (Å²) in [4.78, 5) is 0. The lowest BCUT2D eigenvalue weighted by atomic mass is 9.89. The van der Waals surface area contributed by atoms with Crippen LogP contribution in [0, 0.1) is 3.57 Å². The molecule has 1 N–H and O–H groups in total. The van der Waals surface area contributed by atoms with Gasteiger partial charge in [0.15, 0.2) is 0 Å². The van der Waals surface area contributed by atoms with Crippen LogP contribution in [0.1, 0.15) is 19.8 Å². The van der Waals surface area contributed by atoms with Crippen LogP contribution in [0.3, 0.4) is 0 Å². The Balaban J connectivity index is 1.82. The average molecular weight is 317 g/mol. The van der Waals surface area contributed by atoms with E-state index in [1.54, 1.807) is 0 Å². The van der Waals surface area contributed by atoms with Crippen molar-refractivity contribution in [2.75, 3.05) is 11.9 Å². The van der Waals surface area contributed by atoms with Gasteiger partial charge in [0, 0.05) is 21.9 Å². The van der Waals surface area contributed by atoms with Crippen molar-refractivity contribution in [1.82, 2.24) is 0 Å². The topological polar surface area (TPSA) is 21.3 Å². The maximum atomic E-state index is 5.53. The van der Waals surface area contributed by atoms with Crippen LogP contribution in [0.15, 0.2) is 24.3 Å². The van der Waals surface area contributed by atoms with E-state index in [0.29, 0.717) is 12.1 Å². The monoisotopic (exact) mass is 317 g/mol. The largest absolute Gasteiger partial charge is 0.381 e. The number of para-hydroxylation sites is 1. The van der Waals surface area contributed by atoms with Crippen LogP contribution < -0.4 is 5.32 Å². The molecule has 2 nitrogen and oxygen atoms in total. The zero-order chi connectivity index (χ0) is 10.7. The van der Waals surface area contributed by atoms with Crippen molar-refractivity contribution in [1.29, 1.82) is 0 Å². The maximum absolute atomic E-state index is 5.53. The zero-order valence-corrected chi connectivity index (χ0v) is 11.0. The normalized spacial score (nSPS) is 24.7. The quantitative estimate of drug-likeness (QED) is 0.861. The summed E-state index contributed by atoms with van der Waals surface area (Å²) in [6, 6.07) is 8.99. The van der Waals surface area contributed by atoms with Crippen LogP contribution in [0.2, 0.25) is 0 Å². The minimum Gasteiger partial charge on any atom is -0.381 e. The van der Waals surface area contributed by atoms with Crippen LogP contribution in [-0.2, 0) is 4.74 Å². The second-order valence-corrected chi connectivity index (χ2v) is 5.03. The highest BCUT2D eigenvalue weighted by molar-refractivity contribution is 14.1. The molecule has 82 valence electrons. The van der Waals surface area contributed by atoms with Crippen molar-refractivity contribution < 1.29 is 4.74 Å². The number of nitrogens with one attached hydrogen (secondary N) is 1. The molecule has 1 saturated carbocycles. The molecule has 1 aliphatic carbocycles. The SMILES string of the molecule is CCOC1CC(Nc2ccccc2I)C1. The van der Waals surface area contributed by atoms with E-state index in [1.165, 1.54) is 9.26 Å². The van der Waals surface area contributed by atoms with E-state index in [1.807, 2.05) is 0 Å². The maximum Gasteiger partial charge on any atom is 0.0614 e. The van der Waals surface area contributed by atoms with Gasteiger partial charge in [0.1, 0.15) is 0 Å². The number of halogens is 1. The molecule has 0 bridgehead atoms. The molecule has 3 heteroatoms. The highest BCUT2D eigenvalue weighted by Crippen LogP contribution is 2.28. The van der Waals surface area contributed by atoms with Gasteiger partial charge >= 0.3 is 0 Å². The lowest BCUT2D eigenvalue weighted by molar-refractivity contribution is 0.00298. The Kier molecular flexibility index (Phi) is 3.86. The lowest BCUT2D eigenvalue weighted by Crippen LogP contribution is -2.40. The van der Waals surface area contributed by atoms with Crippen molar-refractivity contribution >= 4 is 28.3 Å². The summed E-state index contributed by atoms with van der Waals surface area (Å²) in [5, 5.41) is 3.55. The molecule has 1 fully saturated rings. The van der Waals surface area contributed by atoms with Crippen LogP contribution in [0.5, 0.6) is 0 Å². The van der Waals surface area contributed by atoms with Gasteiger partial charge in [-0.3, -0.25) is 0 Å². The van der Waals surface area contributed by atoms with Gasteiger partial charge in [-0.2, -0.15) is 0 Å². The highest BCUT2D eigenvalue weighted by atomic mass is 127. The second kappa shape index (κ2) is 5.16. The molecule has 0 amide bonds. The molecule has 1 aromatic carbocycles. The molecule has 0 heterocycles. The fourth-order valence-corrected chi connectivity index (χ4v) is 2.40. The first-order chi connectivity index (χ1) is 7.29. The van der Waals surface area contributed by atoms with E-state index in [-0.39, 0.29) is 0 Å². The lowest BCUT2D eigenvalue weighted by Gasteiger charge is -2.36. The van der Waals surface area contributed by atoms with Crippen LogP contribution in [0.4, 0.5) is 5.69 Å². The Bertz CT molecular complexity index is 323. The Morgan fingerprint density at radius 1 is 1.40 bits per heavy atom. The van der Waals surface area contributed by atoms with E-state index in [2.05, 4.69) is 59.1 Å². The molecular formula is C12H16INO. The molecule has 15 heavy (non-hydrogen) atoms. The fraction of sp³-hybridized carbons (Fsp3) is 0.500. The van der Waals surface area contributed by atoms with Crippen molar-refractivity contribution in [3.63, 3.8) is 0 Å². The summed E-state index contributed by atoms with van der Waals surface area (Å²) < 4.78 is 6.82. The van der Waals surface area contributed by atoms with E-state index in [4.69, 9.17) is 4.74 Å². The summed E-state index contributed by atoms with van der Waals surface area (Å²) in [6.07, 6.45) is 2.76. The minimum absolute atomic E-state index is 0.480. The standard InChI is InChI=1S/C12H16INO/c1-2-15-10-7-9(8-10)14-12-6-4-3-5-11(12)13/h3-6,9-10,14H,2,7-8H2,1H3. The summed E-state index contributed by atoms with van der Waals surface area (Å²) >= 11 is 2.36. The first kappa shape index (κ1) is 11.2. The smallest absolute Gasteiger partial charge is 0.0614 e. The first-order valence-electron chi connectivity index (χ1n) is 5.42. The van der Waals surface area contributed by atoms with Crippen LogP contribution in [-0.4, -0.2) is 18.8 Å². The highest BCUT2D eigenvalue weighted by Gasteiger charge is 2.29. The number of rotatable bonds is 4. The molecule has 1 aromatic rings. The third-order valence-corrected chi connectivity index (χ3v) is 3.67. The molecule has 2 rings (SSSR count). The number of hydrogen-bond acceptors (Lipinski definition) is 2. The number of hydrogen-bond donors (Lipinski definition) is 1. The predicted octanol–water partition coefficient (Wildman–Crippen LogP) is 3.27. The first-order valence-corrected chi connectivity index (χ1v) is 6.50. The van der Waals surface area contributed by atoms with Gasteiger partial charge in [-0.25, -0.2) is 0 Å². The Labute approximate surface area is 105 Å². The Morgan fingerprint density at radius 3 is 2.80 bits per heavy atom. The van der Waals surface area contributed by atoms with Crippen molar-refractivity contribution in [3.8, 4) is 0 Å². The minimum atomic E-state index is 0.480. The molecule has 0 aliphatic heterocycles. The third kappa shape index (κ3) is 2.84. The average Bonchev–Trinajstić information content (AvgIpc) is 2.18. The summed E-state index contributed by atoms with van der Waals surface area (Å²) in [5.74, 6) is 0. The molecule has 0 radical (unpaired) electrons. The van der Waals surface area contributed by atoms with Gasteiger partial charge in [0.05, 0.1) is 6.10 Å². The Hall–Kier alpha value is -0.290. The van der Waals surface area contributed by atoms with Gasteiger partial charge < -0.3 is 10.1 Å². The molecule has 0 unspecified atom stereocenters. The Morgan fingerprint density at radius 2 is 2.13 bits per heavy atom. The summed E-state index contributed by atoms with van der Waals surface area (Å²) in [5.41, 5.74) is 1.25. The zero-order valence-electron chi connectivity index (χ0n) is 8.87. The van der Waals surface area contributed by atoms with Gasteiger partial charge in [0.25, 0.3) is 0 Å². The molecule has 0 spiro atoms. The second-order valence-electron chi connectivity index (χ2n) is 3.87. The predicted molar refractivity (Wildman–Crippen MR) is 71.2 cm³/mol. The third-order valence-electron chi connectivity index (χ3n) is 2.73. The van der Waals surface area contributed by atoms with Crippen LogP contribution in [0.25, 0.3) is 0 Å². The van der Waals surface area contributed by atoms with Crippen molar-refractivity contribution in [3.05, 3.63) is 27.8 Å². The molecule has 0 aromatic heterocycles. The van der Waals surface area contributed by atoms with Gasteiger partial charge in [-0.15, -0.1) is 0 Å². The molecule has 1 aliphatic rings.